The summed E-state index contributed by atoms with van der Waals surface area (Å²) in [6.07, 6.45) is 1.25. The first kappa shape index (κ1) is 21.5. The molecule has 1 amide bonds. The zero-order chi connectivity index (χ0) is 22.5. The Hall–Kier alpha value is -3.74. The van der Waals surface area contributed by atoms with Crippen LogP contribution in [-0.2, 0) is 9.53 Å². The monoisotopic (exact) mass is 430 g/mol. The molecule has 7 heteroatoms. The highest BCUT2D eigenvalue weighted by Gasteiger charge is 2.28. The lowest BCUT2D eigenvalue weighted by atomic mass is 9.96. The summed E-state index contributed by atoms with van der Waals surface area (Å²) in [5.74, 6) is 0.963. The van der Waals surface area contributed by atoms with Gasteiger partial charge in [0, 0.05) is 36.0 Å². The van der Waals surface area contributed by atoms with Crippen LogP contribution in [0, 0.1) is 12.8 Å². The normalized spacial score (nSPS) is 14.1. The number of carbonyl (C=O) groups is 2. The fourth-order valence-corrected chi connectivity index (χ4v) is 3.93. The number of methoxy groups -OCH3 is 1. The molecule has 0 atom stereocenters. The van der Waals surface area contributed by atoms with Crippen LogP contribution in [0.4, 0.5) is 11.5 Å². The molecule has 1 saturated heterocycles. The first-order chi connectivity index (χ1) is 15.5. The molecular formula is C25H26N4O3. The van der Waals surface area contributed by atoms with Gasteiger partial charge in [0.2, 0.25) is 0 Å². The molecule has 0 radical (unpaired) electrons. The van der Waals surface area contributed by atoms with Crippen molar-refractivity contribution in [3.63, 3.8) is 0 Å². The van der Waals surface area contributed by atoms with Gasteiger partial charge >= 0.3 is 5.97 Å². The Kier molecular flexibility index (Phi) is 6.44. The number of esters is 1. The fraction of sp³-hybridized carbons (Fsp3) is 0.280. The number of nitrogens with zero attached hydrogens (tertiary/aromatic N) is 3. The number of likely N-dealkylation sites (tertiary alicyclic amines) is 1. The van der Waals surface area contributed by atoms with Crippen LogP contribution in [0.5, 0.6) is 0 Å². The molecule has 0 bridgehead atoms. The number of hydrogen-bond donors (Lipinski definition) is 1. The third-order valence-electron chi connectivity index (χ3n) is 5.61. The van der Waals surface area contributed by atoms with Gasteiger partial charge in [-0.15, -0.1) is 0 Å². The summed E-state index contributed by atoms with van der Waals surface area (Å²) < 4.78 is 4.83. The van der Waals surface area contributed by atoms with Crippen LogP contribution in [0.15, 0.2) is 60.7 Å². The lowest BCUT2D eigenvalue weighted by molar-refractivity contribution is -0.146. The maximum absolute atomic E-state index is 13.0. The molecule has 7 nitrogen and oxygen atoms in total. The van der Waals surface area contributed by atoms with E-state index in [-0.39, 0.29) is 17.8 Å². The molecule has 1 aliphatic rings. The van der Waals surface area contributed by atoms with Gasteiger partial charge < -0.3 is 15.0 Å². The molecule has 0 aliphatic carbocycles. The lowest BCUT2D eigenvalue weighted by Gasteiger charge is -2.30. The van der Waals surface area contributed by atoms with Gasteiger partial charge in [-0.1, -0.05) is 36.4 Å². The maximum Gasteiger partial charge on any atom is 0.308 e. The Balaban J connectivity index is 1.48. The van der Waals surface area contributed by atoms with Crippen LogP contribution < -0.4 is 5.32 Å². The average molecular weight is 431 g/mol. The van der Waals surface area contributed by atoms with Gasteiger partial charge in [-0.05, 0) is 38.0 Å². The summed E-state index contributed by atoms with van der Waals surface area (Å²) in [5.41, 5.74) is 3.22. The number of benzene rings is 2. The summed E-state index contributed by atoms with van der Waals surface area (Å²) in [7, 11) is 1.40. The molecular weight excluding hydrogens is 404 g/mol. The second-order valence-electron chi connectivity index (χ2n) is 7.85. The molecule has 0 saturated carbocycles. The Labute approximate surface area is 187 Å². The second-order valence-corrected chi connectivity index (χ2v) is 7.85. The summed E-state index contributed by atoms with van der Waals surface area (Å²) in [5, 5.41) is 3.30. The smallest absolute Gasteiger partial charge is 0.308 e. The van der Waals surface area contributed by atoms with E-state index in [9.17, 15) is 9.59 Å². The van der Waals surface area contributed by atoms with Crippen LogP contribution in [0.2, 0.25) is 0 Å². The quantitative estimate of drug-likeness (QED) is 0.610. The predicted molar refractivity (Wildman–Crippen MR) is 123 cm³/mol. The summed E-state index contributed by atoms with van der Waals surface area (Å²) >= 11 is 0. The van der Waals surface area contributed by atoms with Crippen molar-refractivity contribution in [2.24, 2.45) is 5.92 Å². The van der Waals surface area contributed by atoms with Crippen molar-refractivity contribution in [2.75, 3.05) is 25.5 Å². The Morgan fingerprint density at radius 1 is 1.00 bits per heavy atom. The van der Waals surface area contributed by atoms with Gasteiger partial charge in [0.05, 0.1) is 18.7 Å². The third kappa shape index (κ3) is 4.94. The summed E-state index contributed by atoms with van der Waals surface area (Å²) in [4.78, 5) is 35.5. The maximum atomic E-state index is 13.0. The Morgan fingerprint density at radius 3 is 2.47 bits per heavy atom. The highest BCUT2D eigenvalue weighted by atomic mass is 16.5. The molecule has 2 heterocycles. The minimum Gasteiger partial charge on any atom is -0.469 e. The van der Waals surface area contributed by atoms with Crippen molar-refractivity contribution in [3.8, 4) is 11.3 Å². The van der Waals surface area contributed by atoms with E-state index < -0.39 is 0 Å². The number of ether oxygens (including phenoxy) is 1. The van der Waals surface area contributed by atoms with E-state index in [1.807, 2.05) is 61.5 Å². The van der Waals surface area contributed by atoms with Gasteiger partial charge in [0.1, 0.15) is 11.6 Å². The Bertz CT molecular complexity index is 1110. The van der Waals surface area contributed by atoms with E-state index in [1.165, 1.54) is 7.11 Å². The minimum atomic E-state index is -0.196. The van der Waals surface area contributed by atoms with Gasteiger partial charge in [0.15, 0.2) is 0 Å². The van der Waals surface area contributed by atoms with E-state index in [0.29, 0.717) is 43.1 Å². The van der Waals surface area contributed by atoms with Gasteiger partial charge in [-0.2, -0.15) is 0 Å². The standard InChI is InChI=1S/C25H26N4O3/c1-17-26-22(18-7-4-3-5-8-18)16-23(27-17)28-21-10-6-9-20(15-21)24(30)29-13-11-19(12-14-29)25(31)32-2/h3-10,15-16,19H,11-14H2,1-2H3,(H,26,27,28). The van der Waals surface area contributed by atoms with Crippen molar-refractivity contribution in [2.45, 2.75) is 19.8 Å². The van der Waals surface area contributed by atoms with E-state index in [1.54, 1.807) is 11.0 Å². The first-order valence-corrected chi connectivity index (χ1v) is 10.7. The van der Waals surface area contributed by atoms with Crippen molar-refractivity contribution in [3.05, 3.63) is 72.1 Å². The van der Waals surface area contributed by atoms with Gasteiger partial charge in [0.25, 0.3) is 5.91 Å². The number of hydrogen-bond acceptors (Lipinski definition) is 6. The molecule has 4 rings (SSSR count). The zero-order valence-electron chi connectivity index (χ0n) is 18.2. The number of anilines is 2. The van der Waals surface area contributed by atoms with Crippen molar-refractivity contribution in [1.82, 2.24) is 14.9 Å². The molecule has 2 aromatic carbocycles. The molecule has 32 heavy (non-hydrogen) atoms. The number of carbonyl (C=O) groups excluding carboxylic acids is 2. The van der Waals surface area contributed by atoms with Gasteiger partial charge in [-0.3, -0.25) is 9.59 Å². The third-order valence-corrected chi connectivity index (χ3v) is 5.61. The van der Waals surface area contributed by atoms with E-state index in [2.05, 4.69) is 15.3 Å². The fourth-order valence-electron chi connectivity index (χ4n) is 3.93. The van der Waals surface area contributed by atoms with E-state index in [0.717, 1.165) is 16.9 Å². The van der Waals surface area contributed by atoms with Crippen LogP contribution in [-0.4, -0.2) is 46.9 Å². The van der Waals surface area contributed by atoms with Crippen molar-refractivity contribution in [1.29, 1.82) is 0 Å². The highest BCUT2D eigenvalue weighted by Crippen LogP contribution is 2.24. The molecule has 1 aromatic heterocycles. The summed E-state index contributed by atoms with van der Waals surface area (Å²) in [6.45, 7) is 2.94. The SMILES string of the molecule is COC(=O)C1CCN(C(=O)c2cccc(Nc3cc(-c4ccccc4)nc(C)n3)c2)CC1. The van der Waals surface area contributed by atoms with Crippen LogP contribution >= 0.6 is 0 Å². The average Bonchev–Trinajstić information content (AvgIpc) is 2.83. The van der Waals surface area contributed by atoms with E-state index >= 15 is 0 Å². The number of nitrogens with one attached hydrogen (secondary N) is 1. The second kappa shape index (κ2) is 9.60. The molecule has 0 unspecified atom stereocenters. The van der Waals surface area contributed by atoms with Crippen molar-refractivity contribution >= 4 is 23.4 Å². The van der Waals surface area contributed by atoms with Crippen LogP contribution in [0.1, 0.15) is 29.0 Å². The number of aryl methyl sites for hydroxylation is 1. The van der Waals surface area contributed by atoms with Crippen LogP contribution in [0.3, 0.4) is 0 Å². The topological polar surface area (TPSA) is 84.4 Å². The van der Waals surface area contributed by atoms with Crippen molar-refractivity contribution < 1.29 is 14.3 Å². The molecule has 1 aliphatic heterocycles. The van der Waals surface area contributed by atoms with E-state index in [4.69, 9.17) is 4.74 Å². The molecule has 1 fully saturated rings. The number of rotatable bonds is 5. The highest BCUT2D eigenvalue weighted by molar-refractivity contribution is 5.95. The largest absolute Gasteiger partial charge is 0.469 e. The zero-order valence-corrected chi connectivity index (χ0v) is 18.2. The number of amides is 1. The summed E-state index contributed by atoms with van der Waals surface area (Å²) in [6, 6.07) is 19.2. The van der Waals surface area contributed by atoms with Crippen LogP contribution in [0.25, 0.3) is 11.3 Å². The first-order valence-electron chi connectivity index (χ1n) is 10.7. The predicted octanol–water partition coefficient (Wildman–Crippen LogP) is 4.22. The van der Waals surface area contributed by atoms with Gasteiger partial charge in [-0.25, -0.2) is 9.97 Å². The Morgan fingerprint density at radius 2 is 1.75 bits per heavy atom. The molecule has 0 spiro atoms. The number of piperidine rings is 1. The molecule has 164 valence electrons. The molecule has 3 aromatic rings. The molecule has 1 N–H and O–H groups in total. The lowest BCUT2D eigenvalue weighted by Crippen LogP contribution is -2.40. The number of aromatic nitrogens is 2. The minimum absolute atomic E-state index is 0.0409.